The summed E-state index contributed by atoms with van der Waals surface area (Å²) < 4.78 is 18.5. The molecule has 0 radical (unpaired) electrons. The fraction of sp³-hybridized carbons (Fsp3) is 0.111. The molecular formula is C18H16FN5O2. The van der Waals surface area contributed by atoms with Gasteiger partial charge < -0.3 is 4.74 Å². The van der Waals surface area contributed by atoms with E-state index in [-0.39, 0.29) is 23.0 Å². The number of hydrogen-bond acceptors (Lipinski definition) is 6. The standard InChI is InChI=1S/C18H16FN5O2/c1-12-17(25)21-18(24-22-12)23-20-10-13-4-8-16(9-5-13)26-11-14-2-6-15(19)7-3-14/h2-10H,11H2,1H3,(H2,21,23,24,25)/b20-10+. The highest BCUT2D eigenvalue weighted by molar-refractivity contribution is 5.80. The lowest BCUT2D eigenvalue weighted by Crippen LogP contribution is -2.15. The zero-order valence-corrected chi connectivity index (χ0v) is 13.9. The molecule has 7 nitrogen and oxygen atoms in total. The summed E-state index contributed by atoms with van der Waals surface area (Å²) in [5.74, 6) is 0.580. The van der Waals surface area contributed by atoms with Crippen LogP contribution in [-0.4, -0.2) is 21.4 Å². The molecule has 132 valence electrons. The van der Waals surface area contributed by atoms with E-state index in [0.717, 1.165) is 11.1 Å². The Bertz CT molecular complexity index is 953. The topological polar surface area (TPSA) is 92.3 Å². The number of halogens is 1. The highest BCUT2D eigenvalue weighted by Gasteiger charge is 1.99. The van der Waals surface area contributed by atoms with E-state index in [1.165, 1.54) is 12.1 Å². The zero-order chi connectivity index (χ0) is 18.4. The van der Waals surface area contributed by atoms with E-state index in [1.54, 1.807) is 37.4 Å². The number of hydrazone groups is 1. The smallest absolute Gasteiger partial charge is 0.274 e. The third-order valence-corrected chi connectivity index (χ3v) is 3.44. The van der Waals surface area contributed by atoms with Crippen molar-refractivity contribution in [2.24, 2.45) is 5.10 Å². The largest absolute Gasteiger partial charge is 0.489 e. The number of aromatic amines is 1. The highest BCUT2D eigenvalue weighted by Crippen LogP contribution is 2.14. The molecule has 0 atom stereocenters. The van der Waals surface area contributed by atoms with Gasteiger partial charge >= 0.3 is 0 Å². The minimum atomic E-state index is -0.319. The van der Waals surface area contributed by atoms with Gasteiger partial charge in [-0.15, -0.1) is 10.2 Å². The summed E-state index contributed by atoms with van der Waals surface area (Å²) >= 11 is 0. The van der Waals surface area contributed by atoms with Gasteiger partial charge in [-0.05, 0) is 54.4 Å². The second kappa shape index (κ2) is 8.02. The number of hydrogen-bond donors (Lipinski definition) is 2. The molecule has 0 fully saturated rings. The molecule has 26 heavy (non-hydrogen) atoms. The van der Waals surface area contributed by atoms with E-state index in [9.17, 15) is 9.18 Å². The van der Waals surface area contributed by atoms with Crippen molar-refractivity contribution in [3.05, 3.63) is 81.5 Å². The van der Waals surface area contributed by atoms with Crippen LogP contribution in [0.25, 0.3) is 0 Å². The van der Waals surface area contributed by atoms with E-state index in [4.69, 9.17) is 4.74 Å². The first-order valence-electron chi connectivity index (χ1n) is 7.80. The second-order valence-electron chi connectivity index (χ2n) is 5.44. The summed E-state index contributed by atoms with van der Waals surface area (Å²) in [6, 6.07) is 13.4. The molecule has 0 amide bonds. The van der Waals surface area contributed by atoms with Crippen molar-refractivity contribution in [1.29, 1.82) is 0 Å². The Hall–Kier alpha value is -3.55. The van der Waals surface area contributed by atoms with E-state index in [0.29, 0.717) is 12.4 Å². The van der Waals surface area contributed by atoms with Gasteiger partial charge in [0.2, 0.25) is 5.95 Å². The predicted molar refractivity (Wildman–Crippen MR) is 95.8 cm³/mol. The number of benzene rings is 2. The SMILES string of the molecule is Cc1nnc(N/N=C/c2ccc(OCc3ccc(F)cc3)cc2)[nH]c1=O. The summed E-state index contributed by atoms with van der Waals surface area (Å²) in [5.41, 5.74) is 4.29. The lowest BCUT2D eigenvalue weighted by Gasteiger charge is -2.06. The van der Waals surface area contributed by atoms with Crippen LogP contribution >= 0.6 is 0 Å². The van der Waals surface area contributed by atoms with Crippen LogP contribution in [0.5, 0.6) is 5.75 Å². The van der Waals surface area contributed by atoms with Crippen LogP contribution < -0.4 is 15.7 Å². The van der Waals surface area contributed by atoms with Gasteiger partial charge in [0.25, 0.3) is 5.56 Å². The van der Waals surface area contributed by atoms with Crippen molar-refractivity contribution in [2.75, 3.05) is 5.43 Å². The molecule has 0 saturated heterocycles. The van der Waals surface area contributed by atoms with Gasteiger partial charge in [0.05, 0.1) is 6.21 Å². The third kappa shape index (κ3) is 4.73. The molecule has 2 aromatic carbocycles. The average Bonchev–Trinajstić information content (AvgIpc) is 2.65. The van der Waals surface area contributed by atoms with Crippen LogP contribution in [0.3, 0.4) is 0 Å². The average molecular weight is 353 g/mol. The molecule has 3 aromatic rings. The minimum absolute atomic E-state index is 0.163. The van der Waals surface area contributed by atoms with Crippen molar-refractivity contribution in [3.63, 3.8) is 0 Å². The second-order valence-corrected chi connectivity index (χ2v) is 5.44. The van der Waals surface area contributed by atoms with Crippen LogP contribution in [0.4, 0.5) is 10.3 Å². The monoisotopic (exact) mass is 353 g/mol. The molecule has 1 heterocycles. The lowest BCUT2D eigenvalue weighted by atomic mass is 10.2. The normalized spacial score (nSPS) is 10.8. The first-order chi connectivity index (χ1) is 12.6. The maximum absolute atomic E-state index is 12.9. The summed E-state index contributed by atoms with van der Waals surface area (Å²) in [4.78, 5) is 13.9. The molecule has 1 aromatic heterocycles. The van der Waals surface area contributed by atoms with E-state index in [1.807, 2.05) is 12.1 Å². The first kappa shape index (κ1) is 17.3. The number of nitrogens with one attached hydrogen (secondary N) is 2. The Kier molecular flexibility index (Phi) is 5.33. The van der Waals surface area contributed by atoms with Crippen molar-refractivity contribution in [3.8, 4) is 5.75 Å². The van der Waals surface area contributed by atoms with Crippen molar-refractivity contribution in [2.45, 2.75) is 13.5 Å². The maximum Gasteiger partial charge on any atom is 0.274 e. The number of nitrogens with zero attached hydrogens (tertiary/aromatic N) is 3. The van der Waals surface area contributed by atoms with E-state index < -0.39 is 0 Å². The molecule has 0 aliphatic carbocycles. The maximum atomic E-state index is 12.9. The van der Waals surface area contributed by atoms with Gasteiger partial charge in [0, 0.05) is 0 Å². The summed E-state index contributed by atoms with van der Waals surface area (Å²) in [5, 5.41) is 11.5. The third-order valence-electron chi connectivity index (χ3n) is 3.44. The molecule has 3 rings (SSSR count). The van der Waals surface area contributed by atoms with Crippen LogP contribution in [0.15, 0.2) is 58.4 Å². The Balaban J connectivity index is 1.54. The predicted octanol–water partition coefficient (Wildman–Crippen LogP) is 2.64. The van der Waals surface area contributed by atoms with Gasteiger partial charge in [0.1, 0.15) is 23.9 Å². The van der Waals surface area contributed by atoms with Gasteiger partial charge in [-0.1, -0.05) is 12.1 Å². The number of ether oxygens (including phenoxy) is 1. The van der Waals surface area contributed by atoms with E-state index >= 15 is 0 Å². The highest BCUT2D eigenvalue weighted by atomic mass is 19.1. The Morgan fingerprint density at radius 1 is 1.15 bits per heavy atom. The molecule has 0 unspecified atom stereocenters. The number of aromatic nitrogens is 3. The van der Waals surface area contributed by atoms with Crippen LogP contribution in [0.2, 0.25) is 0 Å². The molecule has 8 heteroatoms. The van der Waals surface area contributed by atoms with Crippen molar-refractivity contribution in [1.82, 2.24) is 15.2 Å². The molecule has 0 spiro atoms. The Morgan fingerprint density at radius 2 is 1.88 bits per heavy atom. The summed E-state index contributed by atoms with van der Waals surface area (Å²) in [6.45, 7) is 1.92. The van der Waals surface area contributed by atoms with Crippen LogP contribution in [-0.2, 0) is 6.61 Å². The quantitative estimate of drug-likeness (QED) is 0.525. The number of H-pyrrole nitrogens is 1. The van der Waals surface area contributed by atoms with Gasteiger partial charge in [-0.2, -0.15) is 5.10 Å². The molecule has 2 N–H and O–H groups in total. The molecule has 0 saturated carbocycles. The number of aryl methyl sites for hydroxylation is 1. The number of anilines is 1. The van der Waals surface area contributed by atoms with Gasteiger partial charge in [-0.3, -0.25) is 9.78 Å². The first-order valence-corrected chi connectivity index (χ1v) is 7.80. The zero-order valence-electron chi connectivity index (χ0n) is 13.9. The Morgan fingerprint density at radius 3 is 2.58 bits per heavy atom. The molecular weight excluding hydrogens is 337 g/mol. The van der Waals surface area contributed by atoms with Crippen molar-refractivity contribution >= 4 is 12.2 Å². The van der Waals surface area contributed by atoms with Gasteiger partial charge in [-0.25, -0.2) is 9.82 Å². The van der Waals surface area contributed by atoms with E-state index in [2.05, 4.69) is 25.7 Å². The van der Waals surface area contributed by atoms with Gasteiger partial charge in [0.15, 0.2) is 0 Å². The minimum Gasteiger partial charge on any atom is -0.489 e. The number of rotatable bonds is 6. The lowest BCUT2D eigenvalue weighted by molar-refractivity contribution is 0.306. The fourth-order valence-electron chi connectivity index (χ4n) is 2.01. The van der Waals surface area contributed by atoms with Crippen LogP contribution in [0.1, 0.15) is 16.8 Å². The fourth-order valence-corrected chi connectivity index (χ4v) is 2.01. The molecule has 0 bridgehead atoms. The molecule has 0 aliphatic rings. The van der Waals surface area contributed by atoms with Crippen molar-refractivity contribution < 1.29 is 9.13 Å². The summed E-state index contributed by atoms with van der Waals surface area (Å²) in [6.07, 6.45) is 1.57. The molecule has 0 aliphatic heterocycles. The summed E-state index contributed by atoms with van der Waals surface area (Å²) in [7, 11) is 0. The Labute approximate surface area is 148 Å². The van der Waals surface area contributed by atoms with Crippen LogP contribution in [0, 0.1) is 12.7 Å².